The molecule has 1 saturated heterocycles. The summed E-state index contributed by atoms with van der Waals surface area (Å²) in [6, 6.07) is 9.41. The molecule has 2 aromatic rings. The lowest BCUT2D eigenvalue weighted by Crippen LogP contribution is -2.44. The largest absolute Gasteiger partial charge is 0.388 e. The van der Waals surface area contributed by atoms with E-state index >= 15 is 0 Å². The smallest absolute Gasteiger partial charge is 0.0590 e. The van der Waals surface area contributed by atoms with Crippen LogP contribution in [0.3, 0.4) is 0 Å². The molecule has 3 heteroatoms. The predicted molar refractivity (Wildman–Crippen MR) is 68.0 cm³/mol. The molecule has 3 rings (SSSR count). The number of fused-ring (bicyclic) bond motifs is 1. The van der Waals surface area contributed by atoms with E-state index in [4.69, 9.17) is 0 Å². The lowest BCUT2D eigenvalue weighted by Gasteiger charge is -2.37. The summed E-state index contributed by atoms with van der Waals surface area (Å²) in [5.41, 5.74) is 2.52. The zero-order valence-corrected chi connectivity index (χ0v) is 9.77. The van der Waals surface area contributed by atoms with E-state index in [0.29, 0.717) is 6.04 Å². The second-order valence-electron chi connectivity index (χ2n) is 4.62. The lowest BCUT2D eigenvalue weighted by molar-refractivity contribution is 0.144. The number of nitrogens with one attached hydrogen (secondary N) is 1. The molecule has 0 saturated carbocycles. The molecule has 16 heavy (non-hydrogen) atoms. The van der Waals surface area contributed by atoms with Crippen molar-refractivity contribution < 1.29 is 0 Å². The van der Waals surface area contributed by atoms with Gasteiger partial charge < -0.3 is 14.8 Å². The van der Waals surface area contributed by atoms with E-state index in [1.54, 1.807) is 0 Å². The van der Waals surface area contributed by atoms with Crippen LogP contribution in [0.5, 0.6) is 0 Å². The van der Waals surface area contributed by atoms with Crippen molar-refractivity contribution in [3.63, 3.8) is 0 Å². The fraction of sp³-hybridized carbons (Fsp3) is 0.385. The molecule has 0 atom stereocenters. The van der Waals surface area contributed by atoms with Gasteiger partial charge in [0.25, 0.3) is 0 Å². The van der Waals surface area contributed by atoms with Gasteiger partial charge in [0.1, 0.15) is 0 Å². The summed E-state index contributed by atoms with van der Waals surface area (Å²) in [4.78, 5) is 2.35. The predicted octanol–water partition coefficient (Wildman–Crippen LogP) is 2.17. The molecule has 0 amide bonds. The molecule has 1 N–H and O–H groups in total. The van der Waals surface area contributed by atoms with Gasteiger partial charge in [-0.25, -0.2) is 0 Å². The molecule has 0 radical (unpaired) electrons. The number of benzene rings is 1. The van der Waals surface area contributed by atoms with Crippen LogP contribution in [-0.4, -0.2) is 36.7 Å². The average Bonchev–Trinajstić information content (AvgIpc) is 2.67. The fourth-order valence-electron chi connectivity index (χ4n) is 2.48. The normalized spacial score (nSPS) is 17.6. The van der Waals surface area contributed by atoms with Crippen LogP contribution in [0.1, 0.15) is 6.04 Å². The minimum absolute atomic E-state index is 0.655. The number of aromatic nitrogens is 1. The van der Waals surface area contributed by atoms with Crippen LogP contribution in [0.4, 0.5) is 5.69 Å². The van der Waals surface area contributed by atoms with Crippen molar-refractivity contribution in [3.8, 4) is 0 Å². The summed E-state index contributed by atoms with van der Waals surface area (Å²) >= 11 is 0. The van der Waals surface area contributed by atoms with Gasteiger partial charge in [-0.2, -0.15) is 0 Å². The van der Waals surface area contributed by atoms with E-state index in [0.717, 1.165) is 13.1 Å². The molecule has 0 unspecified atom stereocenters. The minimum atomic E-state index is 0.655. The van der Waals surface area contributed by atoms with Crippen LogP contribution in [0, 0.1) is 0 Å². The van der Waals surface area contributed by atoms with Crippen molar-refractivity contribution in [2.75, 3.05) is 32.5 Å². The van der Waals surface area contributed by atoms with Gasteiger partial charge in [-0.1, -0.05) is 0 Å². The van der Waals surface area contributed by atoms with E-state index in [2.05, 4.69) is 52.3 Å². The highest BCUT2D eigenvalue weighted by Crippen LogP contribution is 2.27. The minimum Gasteiger partial charge on any atom is -0.388 e. The van der Waals surface area contributed by atoms with Gasteiger partial charge >= 0.3 is 0 Å². The standard InChI is InChI=1S/C13H17N3/c1-14-11-3-4-13-10(7-11)5-6-16(13)12-8-15(2)9-12/h3-7,12,14H,8-9H2,1-2H3. The average molecular weight is 215 g/mol. The maximum absolute atomic E-state index is 3.18. The molecule has 84 valence electrons. The molecule has 1 fully saturated rings. The highest BCUT2D eigenvalue weighted by molar-refractivity contribution is 5.84. The first-order chi connectivity index (χ1) is 7.78. The molecule has 0 aliphatic carbocycles. The number of anilines is 1. The van der Waals surface area contributed by atoms with Crippen LogP contribution < -0.4 is 5.32 Å². The first-order valence-corrected chi connectivity index (χ1v) is 5.75. The molecule has 1 aromatic heterocycles. The van der Waals surface area contributed by atoms with E-state index < -0.39 is 0 Å². The van der Waals surface area contributed by atoms with Gasteiger partial charge in [0.2, 0.25) is 0 Å². The van der Waals surface area contributed by atoms with E-state index in [9.17, 15) is 0 Å². The summed E-state index contributed by atoms with van der Waals surface area (Å²) in [6.45, 7) is 2.33. The molecule has 1 aliphatic heterocycles. The van der Waals surface area contributed by atoms with Crippen LogP contribution in [0.2, 0.25) is 0 Å². The Kier molecular flexibility index (Phi) is 2.14. The van der Waals surface area contributed by atoms with Gasteiger partial charge in [0.05, 0.1) is 6.04 Å². The first-order valence-electron chi connectivity index (χ1n) is 5.75. The van der Waals surface area contributed by atoms with Crippen molar-refractivity contribution in [1.29, 1.82) is 0 Å². The second-order valence-corrected chi connectivity index (χ2v) is 4.62. The zero-order chi connectivity index (χ0) is 11.1. The third-order valence-electron chi connectivity index (χ3n) is 3.45. The summed E-state index contributed by atoms with van der Waals surface area (Å²) in [7, 11) is 4.13. The van der Waals surface area contributed by atoms with E-state index in [1.807, 2.05) is 7.05 Å². The Morgan fingerprint density at radius 2 is 2.06 bits per heavy atom. The molecule has 1 aliphatic rings. The molecule has 1 aromatic carbocycles. The third kappa shape index (κ3) is 1.39. The summed E-state index contributed by atoms with van der Waals surface area (Å²) < 4.78 is 2.40. The Bertz CT molecular complexity index is 509. The summed E-state index contributed by atoms with van der Waals surface area (Å²) in [5.74, 6) is 0. The molecule has 0 spiro atoms. The lowest BCUT2D eigenvalue weighted by atomic mass is 10.1. The van der Waals surface area contributed by atoms with Gasteiger partial charge in [0, 0.05) is 42.9 Å². The van der Waals surface area contributed by atoms with Crippen LogP contribution in [0.15, 0.2) is 30.5 Å². The fourth-order valence-corrected chi connectivity index (χ4v) is 2.48. The monoisotopic (exact) mass is 215 g/mol. The Morgan fingerprint density at radius 1 is 1.25 bits per heavy atom. The zero-order valence-electron chi connectivity index (χ0n) is 9.77. The Labute approximate surface area is 95.7 Å². The van der Waals surface area contributed by atoms with Crippen molar-refractivity contribution in [3.05, 3.63) is 30.5 Å². The maximum atomic E-state index is 3.18. The third-order valence-corrected chi connectivity index (χ3v) is 3.45. The number of likely N-dealkylation sites (N-methyl/N-ethyl adjacent to an activating group) is 1. The SMILES string of the molecule is CNc1ccc2c(ccn2C2CN(C)C2)c1. The quantitative estimate of drug-likeness (QED) is 0.828. The summed E-state index contributed by atoms with van der Waals surface area (Å²) in [6.07, 6.45) is 2.21. The Hall–Kier alpha value is -1.48. The van der Waals surface area contributed by atoms with Gasteiger partial charge in [-0.05, 0) is 31.3 Å². The number of rotatable bonds is 2. The van der Waals surface area contributed by atoms with Crippen molar-refractivity contribution in [2.45, 2.75) is 6.04 Å². The van der Waals surface area contributed by atoms with Crippen LogP contribution in [-0.2, 0) is 0 Å². The van der Waals surface area contributed by atoms with Crippen LogP contribution in [0.25, 0.3) is 10.9 Å². The summed E-state index contributed by atoms with van der Waals surface area (Å²) in [5, 5.41) is 4.50. The molecular formula is C13H17N3. The first kappa shape index (κ1) is 9.73. The van der Waals surface area contributed by atoms with Crippen molar-refractivity contribution in [2.24, 2.45) is 0 Å². The number of likely N-dealkylation sites (tertiary alicyclic amines) is 1. The second kappa shape index (κ2) is 3.52. The highest BCUT2D eigenvalue weighted by Gasteiger charge is 2.25. The van der Waals surface area contributed by atoms with Gasteiger partial charge in [-0.15, -0.1) is 0 Å². The Balaban J connectivity index is 2.01. The molecule has 3 nitrogen and oxygen atoms in total. The number of hydrogen-bond donors (Lipinski definition) is 1. The number of hydrogen-bond acceptors (Lipinski definition) is 2. The van der Waals surface area contributed by atoms with Crippen molar-refractivity contribution >= 4 is 16.6 Å². The molecular weight excluding hydrogens is 198 g/mol. The Morgan fingerprint density at radius 3 is 2.75 bits per heavy atom. The van der Waals surface area contributed by atoms with E-state index in [-0.39, 0.29) is 0 Å². The highest BCUT2D eigenvalue weighted by atomic mass is 15.2. The van der Waals surface area contributed by atoms with Gasteiger partial charge in [-0.3, -0.25) is 0 Å². The van der Waals surface area contributed by atoms with Crippen LogP contribution >= 0.6 is 0 Å². The molecule has 0 bridgehead atoms. The topological polar surface area (TPSA) is 20.2 Å². The van der Waals surface area contributed by atoms with Gasteiger partial charge in [0.15, 0.2) is 0 Å². The maximum Gasteiger partial charge on any atom is 0.0590 e. The van der Waals surface area contributed by atoms with E-state index in [1.165, 1.54) is 16.6 Å². The number of nitrogens with zero attached hydrogens (tertiary/aromatic N) is 2. The molecule has 2 heterocycles. The van der Waals surface area contributed by atoms with Crippen molar-refractivity contribution in [1.82, 2.24) is 9.47 Å².